The summed E-state index contributed by atoms with van der Waals surface area (Å²) in [5.74, 6) is 0.575. The lowest BCUT2D eigenvalue weighted by molar-refractivity contribution is 0.0905. The molecule has 1 N–H and O–H groups in total. The van der Waals surface area contributed by atoms with Crippen LogP contribution in [0.1, 0.15) is 35.6 Å². The van der Waals surface area contributed by atoms with Gasteiger partial charge in [-0.15, -0.1) is 5.10 Å². The van der Waals surface area contributed by atoms with Crippen molar-refractivity contribution in [3.8, 4) is 16.8 Å². The number of aromatic nitrogens is 4. The van der Waals surface area contributed by atoms with Gasteiger partial charge < -0.3 is 10.1 Å². The number of benzene rings is 2. The summed E-state index contributed by atoms with van der Waals surface area (Å²) in [6.45, 7) is 6.39. The number of carbonyl (C=O) groups excluding carboxylic acids is 1. The largest absolute Gasteiger partial charge is 0.383 e. The highest BCUT2D eigenvalue weighted by Gasteiger charge is 2.15. The Hall–Kier alpha value is -3.06. The zero-order valence-electron chi connectivity index (χ0n) is 16.6. The fraction of sp³-hybridized carbons (Fsp3) is 0.333. The van der Waals surface area contributed by atoms with Crippen molar-refractivity contribution in [3.05, 3.63) is 59.4 Å². The quantitative estimate of drug-likeness (QED) is 0.682. The summed E-state index contributed by atoms with van der Waals surface area (Å²) < 4.78 is 6.79. The molecule has 7 heteroatoms. The van der Waals surface area contributed by atoms with Crippen molar-refractivity contribution in [2.24, 2.45) is 0 Å². The first-order chi connectivity index (χ1) is 13.5. The van der Waals surface area contributed by atoms with Crippen molar-refractivity contribution in [1.82, 2.24) is 25.5 Å². The van der Waals surface area contributed by atoms with Crippen LogP contribution in [0.4, 0.5) is 0 Å². The molecule has 0 saturated heterocycles. The average Bonchev–Trinajstić information content (AvgIpc) is 3.17. The second-order valence-corrected chi connectivity index (χ2v) is 6.82. The van der Waals surface area contributed by atoms with Crippen LogP contribution in [0, 0.1) is 6.92 Å². The zero-order chi connectivity index (χ0) is 20.1. The first-order valence-electron chi connectivity index (χ1n) is 9.31. The summed E-state index contributed by atoms with van der Waals surface area (Å²) in [5, 5.41) is 14.9. The van der Waals surface area contributed by atoms with E-state index in [9.17, 15) is 4.79 Å². The summed E-state index contributed by atoms with van der Waals surface area (Å²) in [6.07, 6.45) is 0.689. The molecule has 0 aliphatic carbocycles. The van der Waals surface area contributed by atoms with Crippen LogP contribution >= 0.6 is 0 Å². The number of methoxy groups -OCH3 is 1. The second-order valence-electron chi connectivity index (χ2n) is 6.82. The molecule has 1 atom stereocenters. The van der Waals surface area contributed by atoms with Gasteiger partial charge in [0, 0.05) is 25.1 Å². The van der Waals surface area contributed by atoms with Crippen LogP contribution < -0.4 is 5.32 Å². The Bertz CT molecular complexity index is 950. The Balaban J connectivity index is 2.06. The number of rotatable bonds is 7. The fourth-order valence-corrected chi connectivity index (χ4v) is 3.00. The molecule has 28 heavy (non-hydrogen) atoms. The van der Waals surface area contributed by atoms with Crippen LogP contribution in [0.2, 0.25) is 0 Å². The lowest BCUT2D eigenvalue weighted by atomic mass is 10.0. The third-order valence-electron chi connectivity index (χ3n) is 4.45. The summed E-state index contributed by atoms with van der Waals surface area (Å²) in [7, 11) is 1.61. The number of nitrogens with one attached hydrogen (secondary N) is 1. The predicted molar refractivity (Wildman–Crippen MR) is 108 cm³/mol. The minimum Gasteiger partial charge on any atom is -0.383 e. The predicted octanol–water partition coefficient (Wildman–Crippen LogP) is 2.96. The third kappa shape index (κ3) is 4.43. The molecule has 3 aromatic rings. The molecular formula is C21H25N5O2. The third-order valence-corrected chi connectivity index (χ3v) is 4.45. The lowest BCUT2D eigenvalue weighted by Gasteiger charge is -2.15. The lowest BCUT2D eigenvalue weighted by Crippen LogP contribution is -2.35. The minimum atomic E-state index is -0.161. The van der Waals surface area contributed by atoms with E-state index in [1.807, 2.05) is 51.1 Å². The molecule has 0 radical (unpaired) electrons. The van der Waals surface area contributed by atoms with Gasteiger partial charge in [0.2, 0.25) is 0 Å². The molecule has 0 fully saturated rings. The minimum absolute atomic E-state index is 0.0942. The van der Waals surface area contributed by atoms with Crippen molar-refractivity contribution in [2.75, 3.05) is 13.7 Å². The summed E-state index contributed by atoms with van der Waals surface area (Å²) in [4.78, 5) is 12.8. The maximum Gasteiger partial charge on any atom is 0.251 e. The van der Waals surface area contributed by atoms with E-state index in [-0.39, 0.29) is 11.9 Å². The average molecular weight is 379 g/mol. The van der Waals surface area contributed by atoms with Gasteiger partial charge in [-0.05, 0) is 53.6 Å². The first-order valence-corrected chi connectivity index (χ1v) is 9.31. The molecule has 0 aliphatic rings. The second kappa shape index (κ2) is 8.75. The highest BCUT2D eigenvalue weighted by atomic mass is 16.5. The highest BCUT2D eigenvalue weighted by Crippen LogP contribution is 2.25. The van der Waals surface area contributed by atoms with E-state index in [0.29, 0.717) is 18.6 Å². The molecule has 7 nitrogen and oxygen atoms in total. The van der Waals surface area contributed by atoms with Crippen molar-refractivity contribution in [2.45, 2.75) is 33.2 Å². The van der Waals surface area contributed by atoms with E-state index in [4.69, 9.17) is 4.74 Å². The van der Waals surface area contributed by atoms with E-state index >= 15 is 0 Å². The molecule has 2 aromatic carbocycles. The Kier molecular flexibility index (Phi) is 6.16. The van der Waals surface area contributed by atoms with Gasteiger partial charge in [-0.1, -0.05) is 36.8 Å². The van der Waals surface area contributed by atoms with Gasteiger partial charge >= 0.3 is 0 Å². The maximum atomic E-state index is 12.8. The zero-order valence-corrected chi connectivity index (χ0v) is 16.6. The van der Waals surface area contributed by atoms with E-state index in [1.54, 1.807) is 11.8 Å². The van der Waals surface area contributed by atoms with Crippen molar-refractivity contribution in [1.29, 1.82) is 0 Å². The Morgan fingerprint density at radius 3 is 2.61 bits per heavy atom. The molecule has 1 heterocycles. The van der Waals surface area contributed by atoms with Crippen LogP contribution in [-0.4, -0.2) is 45.9 Å². The summed E-state index contributed by atoms with van der Waals surface area (Å²) in [5.41, 5.74) is 4.44. The molecule has 1 amide bonds. The summed E-state index contributed by atoms with van der Waals surface area (Å²) in [6, 6.07) is 13.8. The van der Waals surface area contributed by atoms with Gasteiger partial charge in [-0.25, -0.2) is 0 Å². The standard InChI is InChI=1S/C21H25N5O2/c1-5-20-23-24-25-26(20)19-11-17(16-8-6-14(2)7-9-16)10-18(12-19)21(27)22-15(3)13-28-4/h6-12,15H,5,13H2,1-4H3,(H,22,27)/t15-/m0/s1. The Morgan fingerprint density at radius 1 is 1.18 bits per heavy atom. The molecular weight excluding hydrogens is 354 g/mol. The number of ether oxygens (including phenoxy) is 1. The van der Waals surface area contributed by atoms with E-state index in [2.05, 4.69) is 33.0 Å². The molecule has 0 unspecified atom stereocenters. The molecule has 3 rings (SSSR count). The van der Waals surface area contributed by atoms with Crippen LogP contribution in [0.5, 0.6) is 0 Å². The fourth-order valence-electron chi connectivity index (χ4n) is 3.00. The van der Waals surface area contributed by atoms with E-state index < -0.39 is 0 Å². The van der Waals surface area contributed by atoms with Gasteiger partial charge in [-0.2, -0.15) is 4.68 Å². The summed E-state index contributed by atoms with van der Waals surface area (Å²) >= 11 is 0. The van der Waals surface area contributed by atoms with Gasteiger partial charge in [0.05, 0.1) is 12.3 Å². The topological polar surface area (TPSA) is 81.9 Å². The van der Waals surface area contributed by atoms with E-state index in [1.165, 1.54) is 5.56 Å². The number of tetrazole rings is 1. The molecule has 0 bridgehead atoms. The number of nitrogens with zero attached hydrogens (tertiary/aromatic N) is 4. The molecule has 1 aromatic heterocycles. The normalized spacial score (nSPS) is 12.0. The Morgan fingerprint density at radius 2 is 1.93 bits per heavy atom. The Labute approximate surface area is 164 Å². The molecule has 0 spiro atoms. The number of amides is 1. The number of hydrogen-bond donors (Lipinski definition) is 1. The van der Waals surface area contributed by atoms with Crippen molar-refractivity contribution in [3.63, 3.8) is 0 Å². The molecule has 0 aliphatic heterocycles. The van der Waals surface area contributed by atoms with Gasteiger partial charge in [0.1, 0.15) is 0 Å². The molecule has 146 valence electrons. The van der Waals surface area contributed by atoms with Crippen LogP contribution in [-0.2, 0) is 11.2 Å². The van der Waals surface area contributed by atoms with E-state index in [0.717, 1.165) is 22.6 Å². The SMILES string of the molecule is CCc1nnnn1-c1cc(C(=O)N[C@@H](C)COC)cc(-c2ccc(C)cc2)c1. The van der Waals surface area contributed by atoms with Crippen LogP contribution in [0.25, 0.3) is 16.8 Å². The number of carbonyl (C=O) groups is 1. The van der Waals surface area contributed by atoms with Gasteiger partial charge in [0.25, 0.3) is 5.91 Å². The number of aryl methyl sites for hydroxylation is 2. The monoisotopic (exact) mass is 379 g/mol. The van der Waals surface area contributed by atoms with Crippen LogP contribution in [0.3, 0.4) is 0 Å². The van der Waals surface area contributed by atoms with Crippen molar-refractivity contribution >= 4 is 5.91 Å². The van der Waals surface area contributed by atoms with Gasteiger partial charge in [0.15, 0.2) is 5.82 Å². The van der Waals surface area contributed by atoms with Crippen molar-refractivity contribution < 1.29 is 9.53 Å². The smallest absolute Gasteiger partial charge is 0.251 e. The van der Waals surface area contributed by atoms with Crippen LogP contribution in [0.15, 0.2) is 42.5 Å². The maximum absolute atomic E-state index is 12.8. The molecule has 0 saturated carbocycles. The van der Waals surface area contributed by atoms with Gasteiger partial charge in [-0.3, -0.25) is 4.79 Å². The highest BCUT2D eigenvalue weighted by molar-refractivity contribution is 5.96. The first kappa shape index (κ1) is 19.7. The number of hydrogen-bond acceptors (Lipinski definition) is 5.